The van der Waals surface area contributed by atoms with Gasteiger partial charge in [-0.15, -0.1) is 11.8 Å². The van der Waals surface area contributed by atoms with Crippen LogP contribution in [0.1, 0.15) is 30.7 Å². The van der Waals surface area contributed by atoms with Crippen molar-refractivity contribution < 1.29 is 0 Å². The Morgan fingerprint density at radius 3 is 2.79 bits per heavy atom. The van der Waals surface area contributed by atoms with Gasteiger partial charge in [-0.3, -0.25) is 0 Å². The molecule has 1 aromatic carbocycles. The van der Waals surface area contributed by atoms with Gasteiger partial charge in [-0.1, -0.05) is 18.2 Å². The first-order chi connectivity index (χ1) is 9.36. The number of likely N-dealkylation sites (tertiary alicyclic amines) is 1. The van der Waals surface area contributed by atoms with Gasteiger partial charge in [0.15, 0.2) is 0 Å². The van der Waals surface area contributed by atoms with Crippen LogP contribution in [0.5, 0.6) is 0 Å². The zero-order chi connectivity index (χ0) is 13.1. The molecule has 104 valence electrons. The molecule has 2 heterocycles. The average Bonchev–Trinajstić information content (AvgIpc) is 2.85. The van der Waals surface area contributed by atoms with Crippen LogP contribution in [0.4, 0.5) is 0 Å². The van der Waals surface area contributed by atoms with E-state index in [1.165, 1.54) is 49.5 Å². The highest BCUT2D eigenvalue weighted by molar-refractivity contribution is 7.99. The van der Waals surface area contributed by atoms with Crippen LogP contribution in [0.2, 0.25) is 0 Å². The minimum Gasteiger partial charge on any atom is -0.330 e. The Hall–Kier alpha value is -0.510. The van der Waals surface area contributed by atoms with E-state index in [1.807, 2.05) is 11.8 Å². The molecule has 0 aliphatic carbocycles. The first-order valence-corrected chi connectivity index (χ1v) is 8.49. The van der Waals surface area contributed by atoms with Gasteiger partial charge in [0.1, 0.15) is 0 Å². The zero-order valence-corrected chi connectivity index (χ0v) is 12.4. The Bertz CT molecular complexity index is 413. The van der Waals surface area contributed by atoms with Crippen molar-refractivity contribution in [1.29, 1.82) is 0 Å². The number of nitrogens with zero attached hydrogens (tertiary/aromatic N) is 1. The molecule has 3 heteroatoms. The fraction of sp³-hybridized carbons (Fsp3) is 0.625. The van der Waals surface area contributed by atoms with Gasteiger partial charge in [-0.2, -0.15) is 0 Å². The topological polar surface area (TPSA) is 29.3 Å². The van der Waals surface area contributed by atoms with Crippen LogP contribution in [0.3, 0.4) is 0 Å². The molecule has 2 aliphatic heterocycles. The largest absolute Gasteiger partial charge is 0.330 e. The van der Waals surface area contributed by atoms with Crippen LogP contribution >= 0.6 is 11.8 Å². The quantitative estimate of drug-likeness (QED) is 0.917. The predicted molar refractivity (Wildman–Crippen MR) is 82.7 cm³/mol. The van der Waals surface area contributed by atoms with Crippen molar-refractivity contribution >= 4 is 11.8 Å². The second-order valence-electron chi connectivity index (χ2n) is 5.87. The Morgan fingerprint density at radius 2 is 2.00 bits per heavy atom. The Kier molecular flexibility index (Phi) is 4.46. The summed E-state index contributed by atoms with van der Waals surface area (Å²) in [6, 6.07) is 8.94. The summed E-state index contributed by atoms with van der Waals surface area (Å²) in [7, 11) is 0. The third-order valence-corrected chi connectivity index (χ3v) is 5.81. The number of nitrogens with two attached hydrogens (primary N) is 1. The Balaban J connectivity index is 1.54. The number of fused-ring (bicyclic) bond motifs is 1. The van der Waals surface area contributed by atoms with E-state index in [1.54, 1.807) is 5.56 Å². The number of hydrogen-bond acceptors (Lipinski definition) is 3. The van der Waals surface area contributed by atoms with Gasteiger partial charge in [0, 0.05) is 23.1 Å². The first kappa shape index (κ1) is 13.5. The second kappa shape index (κ2) is 6.29. The maximum Gasteiger partial charge on any atom is 0.0108 e. The summed E-state index contributed by atoms with van der Waals surface area (Å²) in [6.07, 6.45) is 3.91. The molecule has 2 nitrogen and oxygen atoms in total. The summed E-state index contributed by atoms with van der Waals surface area (Å²) in [5.41, 5.74) is 7.24. The molecule has 3 rings (SSSR count). The van der Waals surface area contributed by atoms with E-state index < -0.39 is 0 Å². The Labute approximate surface area is 120 Å². The summed E-state index contributed by atoms with van der Waals surface area (Å²) >= 11 is 2.03. The van der Waals surface area contributed by atoms with Gasteiger partial charge in [-0.25, -0.2) is 0 Å². The molecule has 2 N–H and O–H groups in total. The predicted octanol–water partition coefficient (Wildman–Crippen LogP) is 2.94. The summed E-state index contributed by atoms with van der Waals surface area (Å²) in [5.74, 6) is 2.89. The summed E-state index contributed by atoms with van der Waals surface area (Å²) < 4.78 is 0. The van der Waals surface area contributed by atoms with Crippen molar-refractivity contribution in [3.05, 3.63) is 29.8 Å². The van der Waals surface area contributed by atoms with E-state index in [0.717, 1.165) is 18.4 Å². The number of rotatable bonds is 4. The standard InChI is InChI=1S/C16H24N2S/c17-8-5-13-6-9-18(10-7-13)11-14-12-19-16-4-2-1-3-15(14)16/h1-4,13-14H,5-12,17H2. The van der Waals surface area contributed by atoms with Crippen LogP contribution < -0.4 is 5.73 Å². The van der Waals surface area contributed by atoms with Crippen LogP contribution in [0, 0.1) is 5.92 Å². The van der Waals surface area contributed by atoms with Crippen molar-refractivity contribution in [3.63, 3.8) is 0 Å². The summed E-state index contributed by atoms with van der Waals surface area (Å²) in [5, 5.41) is 0. The van der Waals surface area contributed by atoms with Crippen molar-refractivity contribution in [2.75, 3.05) is 31.9 Å². The number of thioether (sulfide) groups is 1. The maximum atomic E-state index is 5.66. The van der Waals surface area contributed by atoms with Crippen LogP contribution in [-0.2, 0) is 0 Å². The minimum absolute atomic E-state index is 0.743. The van der Waals surface area contributed by atoms with Crippen LogP contribution in [-0.4, -0.2) is 36.8 Å². The molecule has 1 aromatic rings. The van der Waals surface area contributed by atoms with Gasteiger partial charge >= 0.3 is 0 Å². The fourth-order valence-electron chi connectivity index (χ4n) is 3.39. The van der Waals surface area contributed by atoms with Crippen molar-refractivity contribution in [2.24, 2.45) is 11.7 Å². The number of piperidine rings is 1. The van der Waals surface area contributed by atoms with Gasteiger partial charge < -0.3 is 10.6 Å². The first-order valence-electron chi connectivity index (χ1n) is 7.51. The van der Waals surface area contributed by atoms with Crippen molar-refractivity contribution in [3.8, 4) is 0 Å². The lowest BCUT2D eigenvalue weighted by Gasteiger charge is -2.33. The average molecular weight is 276 g/mol. The van der Waals surface area contributed by atoms with Crippen molar-refractivity contribution in [2.45, 2.75) is 30.1 Å². The molecule has 0 bridgehead atoms. The van der Waals surface area contributed by atoms with Crippen LogP contribution in [0.15, 0.2) is 29.2 Å². The third kappa shape index (κ3) is 3.15. The van der Waals surface area contributed by atoms with Crippen LogP contribution in [0.25, 0.3) is 0 Å². The third-order valence-electron chi connectivity index (χ3n) is 4.56. The van der Waals surface area contributed by atoms with E-state index in [9.17, 15) is 0 Å². The lowest BCUT2D eigenvalue weighted by molar-refractivity contribution is 0.174. The van der Waals surface area contributed by atoms with Gasteiger partial charge in [0.25, 0.3) is 0 Å². The summed E-state index contributed by atoms with van der Waals surface area (Å²) in [6.45, 7) is 4.65. The molecule has 19 heavy (non-hydrogen) atoms. The lowest BCUT2D eigenvalue weighted by Crippen LogP contribution is -2.37. The van der Waals surface area contributed by atoms with Gasteiger partial charge in [0.05, 0.1) is 0 Å². The molecule has 0 aromatic heterocycles. The SMILES string of the molecule is NCCC1CCN(CC2CSc3ccccc32)CC1. The molecule has 0 radical (unpaired) electrons. The van der Waals surface area contributed by atoms with Gasteiger partial charge in [0.2, 0.25) is 0 Å². The summed E-state index contributed by atoms with van der Waals surface area (Å²) in [4.78, 5) is 4.17. The number of benzene rings is 1. The lowest BCUT2D eigenvalue weighted by atomic mass is 9.92. The molecular weight excluding hydrogens is 252 g/mol. The molecule has 1 unspecified atom stereocenters. The highest BCUT2D eigenvalue weighted by Gasteiger charge is 2.26. The molecule has 1 atom stereocenters. The monoisotopic (exact) mass is 276 g/mol. The molecule has 2 aliphatic rings. The smallest absolute Gasteiger partial charge is 0.0108 e. The molecular formula is C16H24N2S. The van der Waals surface area contributed by atoms with E-state index in [2.05, 4.69) is 29.2 Å². The Morgan fingerprint density at radius 1 is 1.21 bits per heavy atom. The van der Waals surface area contributed by atoms with E-state index in [-0.39, 0.29) is 0 Å². The fourth-order valence-corrected chi connectivity index (χ4v) is 4.63. The van der Waals surface area contributed by atoms with Gasteiger partial charge in [-0.05, 0) is 56.4 Å². The minimum atomic E-state index is 0.743. The highest BCUT2D eigenvalue weighted by Crippen LogP contribution is 2.40. The number of hydrogen-bond donors (Lipinski definition) is 1. The molecule has 0 amide bonds. The zero-order valence-electron chi connectivity index (χ0n) is 11.6. The van der Waals surface area contributed by atoms with E-state index >= 15 is 0 Å². The normalized spacial score (nSPS) is 24.6. The molecule has 1 saturated heterocycles. The molecule has 1 fully saturated rings. The molecule has 0 saturated carbocycles. The highest BCUT2D eigenvalue weighted by atomic mass is 32.2. The molecule has 0 spiro atoms. The van der Waals surface area contributed by atoms with Crippen molar-refractivity contribution in [1.82, 2.24) is 4.90 Å². The maximum absolute atomic E-state index is 5.66. The van der Waals surface area contributed by atoms with E-state index in [0.29, 0.717) is 0 Å². The van der Waals surface area contributed by atoms with E-state index in [4.69, 9.17) is 5.73 Å². The second-order valence-corrected chi connectivity index (χ2v) is 6.93.